The van der Waals surface area contributed by atoms with Crippen molar-refractivity contribution < 1.29 is 8.42 Å². The van der Waals surface area contributed by atoms with Crippen molar-refractivity contribution in [2.45, 2.75) is 18.4 Å². The van der Waals surface area contributed by atoms with E-state index in [1.165, 1.54) is 6.26 Å². The molecule has 0 spiro atoms. The summed E-state index contributed by atoms with van der Waals surface area (Å²) in [6.07, 6.45) is 1.21. The Morgan fingerprint density at radius 1 is 1.18 bits per heavy atom. The standard InChI is InChI=1S/C16H15BrN2O2S/c1-11-18-16-14(8-13(17)9-15(16)22(2,20)21)19(11)10-12-6-4-3-5-7-12/h3-9H,10H2,1-2H3. The largest absolute Gasteiger partial charge is 0.324 e. The minimum atomic E-state index is -3.33. The average molecular weight is 379 g/mol. The van der Waals surface area contributed by atoms with Gasteiger partial charge in [-0.05, 0) is 24.6 Å². The maximum absolute atomic E-state index is 12.0. The van der Waals surface area contributed by atoms with Gasteiger partial charge in [-0.15, -0.1) is 0 Å². The summed E-state index contributed by atoms with van der Waals surface area (Å²) in [6, 6.07) is 13.6. The molecule has 0 aliphatic carbocycles. The van der Waals surface area contributed by atoms with Crippen LogP contribution in [0.25, 0.3) is 11.0 Å². The second kappa shape index (κ2) is 5.52. The van der Waals surface area contributed by atoms with Crippen LogP contribution in [0.3, 0.4) is 0 Å². The maximum Gasteiger partial charge on any atom is 0.177 e. The van der Waals surface area contributed by atoms with E-state index in [9.17, 15) is 8.42 Å². The van der Waals surface area contributed by atoms with Crippen LogP contribution in [0.2, 0.25) is 0 Å². The van der Waals surface area contributed by atoms with Gasteiger partial charge in [0.25, 0.3) is 0 Å². The van der Waals surface area contributed by atoms with Crippen LogP contribution in [0.4, 0.5) is 0 Å². The minimum absolute atomic E-state index is 0.256. The van der Waals surface area contributed by atoms with E-state index < -0.39 is 9.84 Å². The van der Waals surface area contributed by atoms with Gasteiger partial charge in [0.2, 0.25) is 0 Å². The van der Waals surface area contributed by atoms with E-state index in [-0.39, 0.29) is 4.90 Å². The topological polar surface area (TPSA) is 52.0 Å². The highest BCUT2D eigenvalue weighted by atomic mass is 79.9. The third kappa shape index (κ3) is 2.80. The predicted molar refractivity (Wildman–Crippen MR) is 90.8 cm³/mol. The predicted octanol–water partition coefficient (Wildman–Crippen LogP) is 3.56. The number of rotatable bonds is 3. The van der Waals surface area contributed by atoms with Crippen LogP contribution in [0, 0.1) is 6.92 Å². The van der Waals surface area contributed by atoms with Gasteiger partial charge in [-0.25, -0.2) is 13.4 Å². The molecule has 3 rings (SSSR count). The molecule has 0 atom stereocenters. The van der Waals surface area contributed by atoms with E-state index >= 15 is 0 Å². The molecule has 0 aliphatic heterocycles. The number of hydrogen-bond acceptors (Lipinski definition) is 3. The van der Waals surface area contributed by atoms with Crippen molar-refractivity contribution in [3.05, 3.63) is 58.3 Å². The van der Waals surface area contributed by atoms with Gasteiger partial charge >= 0.3 is 0 Å². The van der Waals surface area contributed by atoms with Crippen LogP contribution in [0.1, 0.15) is 11.4 Å². The van der Waals surface area contributed by atoms with Crippen molar-refractivity contribution in [1.82, 2.24) is 9.55 Å². The first-order valence-corrected chi connectivity index (χ1v) is 9.45. The molecule has 0 saturated heterocycles. The van der Waals surface area contributed by atoms with Crippen molar-refractivity contribution in [2.24, 2.45) is 0 Å². The molecule has 0 radical (unpaired) electrons. The molecule has 0 saturated carbocycles. The second-order valence-electron chi connectivity index (χ2n) is 5.27. The molecule has 0 bridgehead atoms. The average Bonchev–Trinajstić information content (AvgIpc) is 2.75. The van der Waals surface area contributed by atoms with E-state index in [4.69, 9.17) is 0 Å². The summed E-state index contributed by atoms with van der Waals surface area (Å²) in [5.74, 6) is 0.793. The van der Waals surface area contributed by atoms with Crippen LogP contribution in [0.5, 0.6) is 0 Å². The molecule has 0 unspecified atom stereocenters. The molecule has 2 aromatic carbocycles. The zero-order valence-corrected chi connectivity index (χ0v) is 14.6. The van der Waals surface area contributed by atoms with Gasteiger partial charge in [-0.2, -0.15) is 0 Å². The first-order chi connectivity index (χ1) is 10.4. The van der Waals surface area contributed by atoms with Crippen molar-refractivity contribution in [3.8, 4) is 0 Å². The number of sulfone groups is 1. The lowest BCUT2D eigenvalue weighted by molar-refractivity contribution is 0.602. The smallest absolute Gasteiger partial charge is 0.177 e. The van der Waals surface area contributed by atoms with Gasteiger partial charge in [-0.1, -0.05) is 46.3 Å². The summed E-state index contributed by atoms with van der Waals surface area (Å²) in [7, 11) is -3.33. The minimum Gasteiger partial charge on any atom is -0.324 e. The van der Waals surface area contributed by atoms with E-state index in [0.717, 1.165) is 21.4 Å². The van der Waals surface area contributed by atoms with E-state index in [1.54, 1.807) is 6.07 Å². The number of aryl methyl sites for hydroxylation is 1. The van der Waals surface area contributed by atoms with Gasteiger partial charge in [-0.3, -0.25) is 0 Å². The van der Waals surface area contributed by atoms with E-state index in [1.807, 2.05) is 47.9 Å². The third-order valence-corrected chi connectivity index (χ3v) is 5.13. The number of fused-ring (bicyclic) bond motifs is 1. The molecule has 1 heterocycles. The molecule has 22 heavy (non-hydrogen) atoms. The van der Waals surface area contributed by atoms with Crippen molar-refractivity contribution in [2.75, 3.05) is 6.26 Å². The molecule has 114 valence electrons. The lowest BCUT2D eigenvalue weighted by atomic mass is 10.2. The van der Waals surface area contributed by atoms with Gasteiger partial charge in [0.1, 0.15) is 11.3 Å². The first kappa shape index (κ1) is 15.2. The molecule has 0 N–H and O–H groups in total. The molecule has 3 aromatic rings. The summed E-state index contributed by atoms with van der Waals surface area (Å²) in [4.78, 5) is 4.74. The third-order valence-electron chi connectivity index (χ3n) is 3.56. The highest BCUT2D eigenvalue weighted by molar-refractivity contribution is 9.10. The lowest BCUT2D eigenvalue weighted by Crippen LogP contribution is -2.02. The quantitative estimate of drug-likeness (QED) is 0.699. The van der Waals surface area contributed by atoms with Gasteiger partial charge in [0.15, 0.2) is 9.84 Å². The summed E-state index contributed by atoms with van der Waals surface area (Å²) < 4.78 is 26.8. The fourth-order valence-corrected chi connectivity index (χ4v) is 3.96. The number of hydrogen-bond donors (Lipinski definition) is 0. The highest BCUT2D eigenvalue weighted by Crippen LogP contribution is 2.28. The van der Waals surface area contributed by atoms with Crippen molar-refractivity contribution in [1.29, 1.82) is 0 Å². The molecule has 1 aromatic heterocycles. The zero-order chi connectivity index (χ0) is 15.9. The van der Waals surface area contributed by atoms with E-state index in [2.05, 4.69) is 20.9 Å². The maximum atomic E-state index is 12.0. The Bertz CT molecular complexity index is 947. The van der Waals surface area contributed by atoms with Gasteiger partial charge < -0.3 is 4.57 Å². The van der Waals surface area contributed by atoms with Crippen LogP contribution >= 0.6 is 15.9 Å². The molecule has 4 nitrogen and oxygen atoms in total. The normalized spacial score (nSPS) is 12.0. The van der Waals surface area contributed by atoms with Crippen LogP contribution < -0.4 is 0 Å². The lowest BCUT2D eigenvalue weighted by Gasteiger charge is -2.08. The zero-order valence-electron chi connectivity index (χ0n) is 12.2. The number of imidazole rings is 1. The Kier molecular flexibility index (Phi) is 3.82. The number of aromatic nitrogens is 2. The number of halogens is 1. The monoisotopic (exact) mass is 378 g/mol. The summed E-state index contributed by atoms with van der Waals surface area (Å²) >= 11 is 3.40. The second-order valence-corrected chi connectivity index (χ2v) is 8.17. The van der Waals surface area contributed by atoms with Crippen molar-refractivity contribution in [3.63, 3.8) is 0 Å². The summed E-state index contributed by atoms with van der Waals surface area (Å²) in [5, 5.41) is 0. The highest BCUT2D eigenvalue weighted by Gasteiger charge is 2.18. The van der Waals surface area contributed by atoms with Crippen LogP contribution in [0.15, 0.2) is 51.8 Å². The fraction of sp³-hybridized carbons (Fsp3) is 0.188. The molecule has 0 amide bonds. The Balaban J connectivity index is 2.24. The molecular formula is C16H15BrN2O2S. The summed E-state index contributed by atoms with van der Waals surface area (Å²) in [5.41, 5.74) is 2.49. The number of nitrogens with zero attached hydrogens (tertiary/aromatic N) is 2. The molecule has 0 aliphatic rings. The molecule has 0 fully saturated rings. The first-order valence-electron chi connectivity index (χ1n) is 6.76. The SMILES string of the molecule is Cc1nc2c(S(C)(=O)=O)cc(Br)cc2n1Cc1ccccc1. The summed E-state index contributed by atoms with van der Waals surface area (Å²) in [6.45, 7) is 2.55. The Morgan fingerprint density at radius 3 is 2.50 bits per heavy atom. The Morgan fingerprint density at radius 2 is 1.86 bits per heavy atom. The Labute approximate surface area is 137 Å². The van der Waals surface area contributed by atoms with E-state index in [0.29, 0.717) is 12.1 Å². The van der Waals surface area contributed by atoms with Crippen LogP contribution in [-0.2, 0) is 16.4 Å². The van der Waals surface area contributed by atoms with Crippen molar-refractivity contribution >= 4 is 36.8 Å². The fourth-order valence-electron chi connectivity index (χ4n) is 2.52. The Hall–Kier alpha value is -1.66. The molecular weight excluding hydrogens is 364 g/mol. The van der Waals surface area contributed by atoms with Crippen LogP contribution in [-0.4, -0.2) is 24.2 Å². The van der Waals surface area contributed by atoms with Gasteiger partial charge in [0.05, 0.1) is 10.4 Å². The molecule has 6 heteroatoms. The van der Waals surface area contributed by atoms with Gasteiger partial charge in [0, 0.05) is 17.3 Å². The number of benzene rings is 2.